The average Bonchev–Trinajstić information content (AvgIpc) is 2.87. The van der Waals surface area contributed by atoms with Crippen molar-refractivity contribution in [2.75, 3.05) is 39.8 Å². The molecule has 1 fully saturated rings. The van der Waals surface area contributed by atoms with Crippen molar-refractivity contribution in [1.29, 1.82) is 0 Å². The molecule has 0 saturated carbocycles. The van der Waals surface area contributed by atoms with E-state index in [0.29, 0.717) is 32.3 Å². The molecule has 1 atom stereocenters. The Morgan fingerprint density at radius 2 is 1.58 bits per heavy atom. The van der Waals surface area contributed by atoms with Gasteiger partial charge in [0.2, 0.25) is 10.0 Å². The van der Waals surface area contributed by atoms with Crippen molar-refractivity contribution in [2.45, 2.75) is 24.5 Å². The van der Waals surface area contributed by atoms with E-state index in [1.807, 2.05) is 55.5 Å². The van der Waals surface area contributed by atoms with Crippen LogP contribution in [0.3, 0.4) is 0 Å². The number of rotatable bonds is 9. The highest BCUT2D eigenvalue weighted by molar-refractivity contribution is 7.89. The fraction of sp³-hybridized carbons (Fsp3) is 0.333. The van der Waals surface area contributed by atoms with Gasteiger partial charge in [-0.25, -0.2) is 17.2 Å². The number of piperazine rings is 1. The molecule has 3 aromatic carbocycles. The smallest absolute Gasteiger partial charge is 0.243 e. The molecule has 9 heteroatoms. The minimum Gasteiger partial charge on any atom is -0.497 e. The quantitative estimate of drug-likeness (QED) is 0.418. The molecule has 6 nitrogen and oxygen atoms in total. The van der Waals surface area contributed by atoms with E-state index in [0.717, 1.165) is 29.0 Å². The predicted octanol–water partition coefficient (Wildman–Crippen LogP) is 4.55. The molecule has 192 valence electrons. The number of hydrogen-bond donors (Lipinski definition) is 0. The number of ether oxygens (including phenoxy) is 2. The molecule has 1 aliphatic rings. The molecular weight excluding hydrogens is 486 g/mol. The van der Waals surface area contributed by atoms with Gasteiger partial charge in [-0.15, -0.1) is 0 Å². The van der Waals surface area contributed by atoms with Crippen LogP contribution in [0.1, 0.15) is 22.8 Å². The third-order valence-corrected chi connectivity index (χ3v) is 8.14. The number of benzene rings is 3. The van der Waals surface area contributed by atoms with Gasteiger partial charge in [-0.05, 0) is 42.3 Å². The molecule has 3 aromatic rings. The van der Waals surface area contributed by atoms with Gasteiger partial charge in [-0.3, -0.25) is 4.90 Å². The molecule has 0 spiro atoms. The van der Waals surface area contributed by atoms with E-state index in [4.69, 9.17) is 9.47 Å². The van der Waals surface area contributed by atoms with Gasteiger partial charge in [0, 0.05) is 38.8 Å². The highest BCUT2D eigenvalue weighted by Crippen LogP contribution is 2.26. The van der Waals surface area contributed by atoms with E-state index in [1.54, 1.807) is 7.11 Å². The van der Waals surface area contributed by atoms with Crippen molar-refractivity contribution in [1.82, 2.24) is 9.21 Å². The van der Waals surface area contributed by atoms with E-state index in [1.165, 1.54) is 9.87 Å². The van der Waals surface area contributed by atoms with E-state index in [2.05, 4.69) is 4.90 Å². The number of aryl methyl sites for hydroxylation is 1. The van der Waals surface area contributed by atoms with Crippen LogP contribution in [-0.4, -0.2) is 57.5 Å². The van der Waals surface area contributed by atoms with Crippen molar-refractivity contribution in [2.24, 2.45) is 0 Å². The number of methoxy groups -OCH3 is 1. The van der Waals surface area contributed by atoms with Crippen molar-refractivity contribution in [3.05, 3.63) is 95.1 Å². The minimum absolute atomic E-state index is 0.212. The lowest BCUT2D eigenvalue weighted by molar-refractivity contribution is 0.00762. The van der Waals surface area contributed by atoms with Gasteiger partial charge in [-0.1, -0.05) is 42.0 Å². The fourth-order valence-corrected chi connectivity index (χ4v) is 5.66. The zero-order valence-electron chi connectivity index (χ0n) is 20.4. The standard InChI is InChI=1S/C27H30F2N2O4S/c1-20-6-8-21(9-7-20)19-35-27(22-4-3-5-25(14-22)34-2)18-30-10-12-31(13-11-30)36(32,33)26-16-23(28)15-24(29)17-26/h3-9,14-17,27H,10-13,18-19H2,1-2H3/t27-/m1/s1. The Hall–Kier alpha value is -2.85. The Morgan fingerprint density at radius 1 is 0.917 bits per heavy atom. The first kappa shape index (κ1) is 26.2. The molecule has 0 unspecified atom stereocenters. The van der Waals surface area contributed by atoms with Crippen LogP contribution in [0.15, 0.2) is 71.6 Å². The lowest BCUT2D eigenvalue weighted by Gasteiger charge is -2.36. The van der Waals surface area contributed by atoms with Gasteiger partial charge in [-0.2, -0.15) is 4.31 Å². The molecule has 1 saturated heterocycles. The van der Waals surface area contributed by atoms with Crippen molar-refractivity contribution in [3.8, 4) is 5.75 Å². The molecule has 0 radical (unpaired) electrons. The molecule has 4 rings (SSSR count). The first-order chi connectivity index (χ1) is 17.2. The second-order valence-electron chi connectivity index (χ2n) is 8.87. The zero-order valence-corrected chi connectivity index (χ0v) is 21.2. The highest BCUT2D eigenvalue weighted by atomic mass is 32.2. The van der Waals surface area contributed by atoms with Gasteiger partial charge in [0.05, 0.1) is 24.7 Å². The van der Waals surface area contributed by atoms with Crippen molar-refractivity contribution >= 4 is 10.0 Å². The summed E-state index contributed by atoms with van der Waals surface area (Å²) in [5.74, 6) is -1.10. The Bertz CT molecular complexity index is 1260. The largest absolute Gasteiger partial charge is 0.497 e. The van der Waals surface area contributed by atoms with Crippen molar-refractivity contribution in [3.63, 3.8) is 0 Å². The van der Waals surface area contributed by atoms with E-state index < -0.39 is 21.7 Å². The summed E-state index contributed by atoms with van der Waals surface area (Å²) < 4.78 is 66.1. The summed E-state index contributed by atoms with van der Waals surface area (Å²) in [7, 11) is -2.37. The van der Waals surface area contributed by atoms with Crippen LogP contribution in [0.2, 0.25) is 0 Å². The Labute approximate surface area is 211 Å². The van der Waals surface area contributed by atoms with Crippen LogP contribution in [-0.2, 0) is 21.4 Å². The maximum Gasteiger partial charge on any atom is 0.243 e. The minimum atomic E-state index is -3.99. The number of hydrogen-bond acceptors (Lipinski definition) is 5. The summed E-state index contributed by atoms with van der Waals surface area (Å²) in [5, 5.41) is 0. The van der Waals surface area contributed by atoms with Crippen LogP contribution in [0.25, 0.3) is 0 Å². The SMILES string of the molecule is COc1cccc([C@@H](CN2CCN(S(=O)(=O)c3cc(F)cc(F)c3)CC2)OCc2ccc(C)cc2)c1. The maximum atomic E-state index is 13.6. The zero-order chi connectivity index (χ0) is 25.7. The lowest BCUT2D eigenvalue weighted by atomic mass is 10.1. The first-order valence-corrected chi connectivity index (χ1v) is 13.2. The Kier molecular flexibility index (Phi) is 8.35. The molecule has 0 aliphatic carbocycles. The summed E-state index contributed by atoms with van der Waals surface area (Å²) in [5.41, 5.74) is 3.20. The van der Waals surface area contributed by atoms with Crippen LogP contribution in [0.5, 0.6) is 5.75 Å². The lowest BCUT2D eigenvalue weighted by Crippen LogP contribution is -2.49. The van der Waals surface area contributed by atoms with Crippen LogP contribution >= 0.6 is 0 Å². The van der Waals surface area contributed by atoms with Gasteiger partial charge in [0.25, 0.3) is 0 Å². The second-order valence-corrected chi connectivity index (χ2v) is 10.8. The Balaban J connectivity index is 1.44. The van der Waals surface area contributed by atoms with E-state index >= 15 is 0 Å². The molecule has 1 heterocycles. The van der Waals surface area contributed by atoms with Crippen LogP contribution in [0, 0.1) is 18.6 Å². The third kappa shape index (κ3) is 6.47. The molecule has 0 amide bonds. The van der Waals surface area contributed by atoms with Gasteiger partial charge in [0.1, 0.15) is 17.4 Å². The highest BCUT2D eigenvalue weighted by Gasteiger charge is 2.30. The van der Waals surface area contributed by atoms with Gasteiger partial charge < -0.3 is 9.47 Å². The normalized spacial score (nSPS) is 16.1. The molecule has 36 heavy (non-hydrogen) atoms. The topological polar surface area (TPSA) is 59.1 Å². The molecular formula is C27H30F2N2O4S. The van der Waals surface area contributed by atoms with Crippen LogP contribution in [0.4, 0.5) is 8.78 Å². The second kappa shape index (κ2) is 11.5. The third-order valence-electron chi connectivity index (χ3n) is 6.27. The molecule has 0 bridgehead atoms. The summed E-state index contributed by atoms with van der Waals surface area (Å²) >= 11 is 0. The number of nitrogens with zero attached hydrogens (tertiary/aromatic N) is 2. The number of sulfonamides is 1. The Morgan fingerprint density at radius 3 is 2.22 bits per heavy atom. The monoisotopic (exact) mass is 516 g/mol. The first-order valence-electron chi connectivity index (χ1n) is 11.7. The fourth-order valence-electron chi connectivity index (χ4n) is 4.19. The average molecular weight is 517 g/mol. The predicted molar refractivity (Wildman–Crippen MR) is 133 cm³/mol. The number of halogens is 2. The molecule has 1 aliphatic heterocycles. The van der Waals surface area contributed by atoms with Crippen molar-refractivity contribution < 1.29 is 26.7 Å². The summed E-state index contributed by atoms with van der Waals surface area (Å²) in [4.78, 5) is 1.77. The maximum absolute atomic E-state index is 13.6. The summed E-state index contributed by atoms with van der Waals surface area (Å²) in [6, 6.07) is 18.2. The summed E-state index contributed by atoms with van der Waals surface area (Å²) in [6.45, 7) is 4.38. The van der Waals surface area contributed by atoms with Crippen LogP contribution < -0.4 is 4.74 Å². The van der Waals surface area contributed by atoms with Gasteiger partial charge >= 0.3 is 0 Å². The van der Waals surface area contributed by atoms with Gasteiger partial charge in [0.15, 0.2) is 0 Å². The van der Waals surface area contributed by atoms with E-state index in [-0.39, 0.29) is 24.1 Å². The summed E-state index contributed by atoms with van der Waals surface area (Å²) in [6.07, 6.45) is -0.262. The molecule has 0 aromatic heterocycles. The van der Waals surface area contributed by atoms with E-state index in [9.17, 15) is 17.2 Å². The molecule has 0 N–H and O–H groups in total.